The number of thiophene rings is 1. The first-order valence-corrected chi connectivity index (χ1v) is 6.70. The minimum absolute atomic E-state index is 0.925. The van der Waals surface area contributed by atoms with Gasteiger partial charge < -0.3 is 5.73 Å². The van der Waals surface area contributed by atoms with E-state index in [0.29, 0.717) is 0 Å². The Balaban J connectivity index is 2.69. The van der Waals surface area contributed by atoms with Gasteiger partial charge in [0, 0.05) is 26.0 Å². The number of nitrogen functional groups attached to an aromatic ring is 1. The lowest BCUT2D eigenvalue weighted by Crippen LogP contribution is -1.91. The van der Waals surface area contributed by atoms with Crippen molar-refractivity contribution in [3.8, 4) is 0 Å². The van der Waals surface area contributed by atoms with Gasteiger partial charge >= 0.3 is 0 Å². The summed E-state index contributed by atoms with van der Waals surface area (Å²) >= 11 is 3.58. The second-order valence-corrected chi connectivity index (χ2v) is 4.96. The van der Waals surface area contributed by atoms with Crippen molar-refractivity contribution in [1.82, 2.24) is 0 Å². The van der Waals surface area contributed by atoms with Crippen LogP contribution in [0.2, 0.25) is 0 Å². The minimum Gasteiger partial charge on any atom is -0.398 e. The molecule has 2 rings (SSSR count). The molecule has 0 aliphatic heterocycles. The summed E-state index contributed by atoms with van der Waals surface area (Å²) < 4.78 is 1.35. The highest BCUT2D eigenvalue weighted by Crippen LogP contribution is 2.34. The maximum absolute atomic E-state index is 5.98. The van der Waals surface area contributed by atoms with Gasteiger partial charge in [0.05, 0.1) is 0 Å². The number of hydrogen-bond acceptors (Lipinski definition) is 3. The first-order valence-electron chi connectivity index (χ1n) is 4.59. The maximum atomic E-state index is 5.98. The third kappa shape index (κ3) is 1.51. The van der Waals surface area contributed by atoms with Crippen molar-refractivity contribution < 1.29 is 0 Å². The molecule has 0 fully saturated rings. The molecule has 0 radical (unpaired) electrons. The van der Waals surface area contributed by atoms with E-state index in [0.717, 1.165) is 12.1 Å². The SMILES string of the molecule is CCc1cc2scc(SC)c2cc1N. The van der Waals surface area contributed by atoms with Crippen molar-refractivity contribution in [2.75, 3.05) is 12.0 Å². The number of hydrogen-bond donors (Lipinski definition) is 1. The van der Waals surface area contributed by atoms with E-state index in [2.05, 4.69) is 30.7 Å². The number of aryl methyl sites for hydroxylation is 1. The Morgan fingerprint density at radius 2 is 2.21 bits per heavy atom. The first-order chi connectivity index (χ1) is 6.76. The van der Waals surface area contributed by atoms with Gasteiger partial charge in [0.25, 0.3) is 0 Å². The number of nitrogens with two attached hydrogens (primary N) is 1. The zero-order valence-electron chi connectivity index (χ0n) is 8.33. The lowest BCUT2D eigenvalue weighted by atomic mass is 10.1. The highest BCUT2D eigenvalue weighted by atomic mass is 32.2. The van der Waals surface area contributed by atoms with E-state index in [1.54, 1.807) is 23.1 Å². The van der Waals surface area contributed by atoms with Crippen molar-refractivity contribution in [3.05, 3.63) is 23.1 Å². The van der Waals surface area contributed by atoms with E-state index in [4.69, 9.17) is 5.73 Å². The Morgan fingerprint density at radius 1 is 1.43 bits per heavy atom. The molecule has 0 aliphatic carbocycles. The molecule has 0 unspecified atom stereocenters. The highest BCUT2D eigenvalue weighted by molar-refractivity contribution is 7.99. The Hall–Kier alpha value is -0.670. The zero-order chi connectivity index (χ0) is 10.1. The summed E-state index contributed by atoms with van der Waals surface area (Å²) in [7, 11) is 0. The van der Waals surface area contributed by atoms with Gasteiger partial charge in [0.1, 0.15) is 0 Å². The first kappa shape index (κ1) is 9.87. The summed E-state index contributed by atoms with van der Waals surface area (Å²) in [6.45, 7) is 2.14. The molecule has 2 aromatic rings. The van der Waals surface area contributed by atoms with Gasteiger partial charge in [-0.15, -0.1) is 23.1 Å². The van der Waals surface area contributed by atoms with Crippen molar-refractivity contribution in [2.45, 2.75) is 18.2 Å². The monoisotopic (exact) mass is 223 g/mol. The predicted molar refractivity (Wildman–Crippen MR) is 67.4 cm³/mol. The van der Waals surface area contributed by atoms with Gasteiger partial charge in [-0.3, -0.25) is 0 Å². The second-order valence-electron chi connectivity index (χ2n) is 3.20. The van der Waals surface area contributed by atoms with Crippen LogP contribution in [0.15, 0.2) is 22.4 Å². The second kappa shape index (κ2) is 3.83. The van der Waals surface area contributed by atoms with Crippen LogP contribution >= 0.6 is 23.1 Å². The van der Waals surface area contributed by atoms with Crippen LogP contribution in [0.1, 0.15) is 12.5 Å². The summed E-state index contributed by atoms with van der Waals surface area (Å²) in [4.78, 5) is 1.33. The fourth-order valence-corrected chi connectivity index (χ4v) is 3.42. The summed E-state index contributed by atoms with van der Waals surface area (Å²) in [5.74, 6) is 0. The van der Waals surface area contributed by atoms with Crippen LogP contribution in [0.4, 0.5) is 5.69 Å². The molecule has 1 nitrogen and oxygen atoms in total. The van der Waals surface area contributed by atoms with Crippen LogP contribution in [-0.2, 0) is 6.42 Å². The average Bonchev–Trinajstić information content (AvgIpc) is 2.58. The Bertz CT molecular complexity index is 460. The van der Waals surface area contributed by atoms with Crippen LogP contribution in [0, 0.1) is 0 Å². The molecule has 14 heavy (non-hydrogen) atoms. The number of benzene rings is 1. The van der Waals surface area contributed by atoms with Gasteiger partial charge in [-0.25, -0.2) is 0 Å². The normalized spacial score (nSPS) is 11.0. The zero-order valence-corrected chi connectivity index (χ0v) is 9.97. The number of thioether (sulfide) groups is 1. The van der Waals surface area contributed by atoms with E-state index in [1.807, 2.05) is 0 Å². The van der Waals surface area contributed by atoms with Crippen LogP contribution in [-0.4, -0.2) is 6.26 Å². The lowest BCUT2D eigenvalue weighted by Gasteiger charge is -2.03. The number of rotatable bonds is 2. The summed E-state index contributed by atoms with van der Waals surface area (Å²) in [6.07, 6.45) is 3.11. The average molecular weight is 223 g/mol. The molecule has 2 N–H and O–H groups in total. The van der Waals surface area contributed by atoms with Gasteiger partial charge in [-0.05, 0) is 30.4 Å². The van der Waals surface area contributed by atoms with Crippen LogP contribution in [0.5, 0.6) is 0 Å². The largest absolute Gasteiger partial charge is 0.398 e. The fraction of sp³-hybridized carbons (Fsp3) is 0.273. The molecule has 74 valence electrons. The molecule has 0 atom stereocenters. The van der Waals surface area contributed by atoms with Crippen LogP contribution in [0.25, 0.3) is 10.1 Å². The molecular weight excluding hydrogens is 210 g/mol. The summed E-state index contributed by atoms with van der Waals surface area (Å²) in [6, 6.07) is 4.32. The van der Waals surface area contributed by atoms with Crippen molar-refractivity contribution in [1.29, 1.82) is 0 Å². The Labute approximate surface area is 92.3 Å². The van der Waals surface area contributed by atoms with E-state index in [1.165, 1.54) is 20.5 Å². The predicted octanol–water partition coefficient (Wildman–Crippen LogP) is 3.77. The summed E-state index contributed by atoms with van der Waals surface area (Å²) in [5, 5.41) is 3.51. The Morgan fingerprint density at radius 3 is 2.86 bits per heavy atom. The van der Waals surface area contributed by atoms with Crippen LogP contribution < -0.4 is 5.73 Å². The number of anilines is 1. The van der Waals surface area contributed by atoms with E-state index in [9.17, 15) is 0 Å². The number of fused-ring (bicyclic) bond motifs is 1. The van der Waals surface area contributed by atoms with Gasteiger partial charge in [-0.2, -0.15) is 0 Å². The molecular formula is C11H13NS2. The molecule has 0 aliphatic rings. The quantitative estimate of drug-likeness (QED) is 0.619. The van der Waals surface area contributed by atoms with E-state index >= 15 is 0 Å². The lowest BCUT2D eigenvalue weighted by molar-refractivity contribution is 1.15. The van der Waals surface area contributed by atoms with Crippen molar-refractivity contribution in [2.24, 2.45) is 0 Å². The highest BCUT2D eigenvalue weighted by Gasteiger charge is 2.06. The third-order valence-corrected chi connectivity index (χ3v) is 4.27. The molecule has 1 heterocycles. The molecule has 0 saturated carbocycles. The molecule has 0 bridgehead atoms. The topological polar surface area (TPSA) is 26.0 Å². The van der Waals surface area contributed by atoms with Crippen molar-refractivity contribution in [3.63, 3.8) is 0 Å². The van der Waals surface area contributed by atoms with Gasteiger partial charge in [0.15, 0.2) is 0 Å². The molecule has 1 aromatic carbocycles. The maximum Gasteiger partial charge on any atom is 0.0358 e. The van der Waals surface area contributed by atoms with E-state index < -0.39 is 0 Å². The standard InChI is InChI=1S/C11H13NS2/c1-3-7-4-10-8(5-9(7)12)11(13-2)6-14-10/h4-6H,3,12H2,1-2H3. The third-order valence-electron chi connectivity index (χ3n) is 2.40. The summed E-state index contributed by atoms with van der Waals surface area (Å²) in [5.41, 5.74) is 8.16. The van der Waals surface area contributed by atoms with E-state index in [-0.39, 0.29) is 0 Å². The van der Waals surface area contributed by atoms with Gasteiger partial charge in [-0.1, -0.05) is 6.92 Å². The molecule has 0 saturated heterocycles. The van der Waals surface area contributed by atoms with Crippen LogP contribution in [0.3, 0.4) is 0 Å². The smallest absolute Gasteiger partial charge is 0.0358 e. The van der Waals surface area contributed by atoms with Gasteiger partial charge in [0.2, 0.25) is 0 Å². The minimum atomic E-state index is 0.925. The molecule has 0 amide bonds. The molecule has 1 aromatic heterocycles. The fourth-order valence-electron chi connectivity index (χ4n) is 1.57. The molecule has 0 spiro atoms. The molecule has 3 heteroatoms. The van der Waals surface area contributed by atoms with Crippen molar-refractivity contribution >= 4 is 38.9 Å². The Kier molecular flexibility index (Phi) is 2.70.